The van der Waals surface area contributed by atoms with E-state index < -0.39 is 10.0 Å². The Balaban J connectivity index is 1.84. The first-order valence-electron chi connectivity index (χ1n) is 9.11. The van der Waals surface area contributed by atoms with E-state index >= 15 is 0 Å². The molecule has 6 N–H and O–H groups in total. The first-order chi connectivity index (χ1) is 14.1. The molecule has 0 aliphatic carbocycles. The summed E-state index contributed by atoms with van der Waals surface area (Å²) in [6.45, 7) is 1.95. The number of hydrogen-bond donors (Lipinski definition) is 4. The van der Waals surface area contributed by atoms with Gasteiger partial charge >= 0.3 is 0 Å². The highest BCUT2D eigenvalue weighted by molar-refractivity contribution is 7.89. The minimum absolute atomic E-state index is 0.0213. The first kappa shape index (κ1) is 21.2. The van der Waals surface area contributed by atoms with Gasteiger partial charge in [-0.3, -0.25) is 10.2 Å². The quantitative estimate of drug-likeness (QED) is 0.358. The average molecular weight is 423 g/mol. The molecule has 0 unspecified atom stereocenters. The smallest absolute Gasteiger partial charge is 0.238 e. The minimum atomic E-state index is -3.89. The molecule has 3 aromatic carbocycles. The summed E-state index contributed by atoms with van der Waals surface area (Å²) in [5.41, 5.74) is 9.55. The Morgan fingerprint density at radius 1 is 1.03 bits per heavy atom. The fourth-order valence-corrected chi connectivity index (χ4v) is 3.58. The summed E-state index contributed by atoms with van der Waals surface area (Å²) in [6, 6.07) is 18.3. The van der Waals surface area contributed by atoms with Gasteiger partial charge in [-0.15, -0.1) is 0 Å². The molecule has 7 nitrogen and oxygen atoms in total. The van der Waals surface area contributed by atoms with Crippen LogP contribution in [0.25, 0.3) is 0 Å². The number of rotatable bonds is 6. The van der Waals surface area contributed by atoms with Gasteiger partial charge in [-0.2, -0.15) is 0 Å². The van der Waals surface area contributed by atoms with Crippen LogP contribution in [0.15, 0.2) is 71.6 Å². The van der Waals surface area contributed by atoms with Gasteiger partial charge in [-0.1, -0.05) is 36.4 Å². The molecule has 0 fully saturated rings. The van der Waals surface area contributed by atoms with Crippen molar-refractivity contribution in [3.8, 4) is 0 Å². The summed E-state index contributed by atoms with van der Waals surface area (Å²) in [6.07, 6.45) is 0.222. The van der Waals surface area contributed by atoms with E-state index in [-0.39, 0.29) is 22.9 Å². The van der Waals surface area contributed by atoms with Gasteiger partial charge in [0, 0.05) is 22.5 Å². The van der Waals surface area contributed by atoms with E-state index in [1.807, 2.05) is 31.2 Å². The average Bonchev–Trinajstić information content (AvgIpc) is 2.70. The Kier molecular flexibility index (Phi) is 6.00. The third-order valence-electron chi connectivity index (χ3n) is 4.67. The zero-order valence-electron chi connectivity index (χ0n) is 16.3. The van der Waals surface area contributed by atoms with E-state index in [1.54, 1.807) is 24.3 Å². The van der Waals surface area contributed by atoms with Gasteiger partial charge in [0.2, 0.25) is 15.9 Å². The van der Waals surface area contributed by atoms with Crippen molar-refractivity contribution in [2.24, 2.45) is 5.14 Å². The molecule has 0 spiro atoms. The number of benzene rings is 3. The van der Waals surface area contributed by atoms with Crippen molar-refractivity contribution in [3.63, 3.8) is 0 Å². The lowest BCUT2D eigenvalue weighted by molar-refractivity contribution is -0.115. The number of amides is 1. The number of carbonyl (C=O) groups is 1. The second-order valence-electron chi connectivity index (χ2n) is 6.90. The van der Waals surface area contributed by atoms with E-state index in [2.05, 4.69) is 5.32 Å². The van der Waals surface area contributed by atoms with Crippen LogP contribution in [0.4, 0.5) is 11.4 Å². The lowest BCUT2D eigenvalue weighted by atomic mass is 10.00. The van der Waals surface area contributed by atoms with Crippen LogP contribution in [-0.2, 0) is 21.2 Å². The number of hydrogen-bond acceptors (Lipinski definition) is 5. The molecule has 0 aliphatic heterocycles. The monoisotopic (exact) mass is 422 g/mol. The Morgan fingerprint density at radius 2 is 1.77 bits per heavy atom. The maximum Gasteiger partial charge on any atom is 0.238 e. The van der Waals surface area contributed by atoms with Crippen LogP contribution in [0, 0.1) is 12.3 Å². The highest BCUT2D eigenvalue weighted by atomic mass is 32.2. The van der Waals surface area contributed by atoms with Crippen LogP contribution in [0.1, 0.15) is 22.3 Å². The van der Waals surface area contributed by atoms with Crippen LogP contribution in [0.2, 0.25) is 0 Å². The molecule has 0 heterocycles. The molecule has 0 saturated heterocycles. The normalized spacial score (nSPS) is 11.1. The molecule has 3 aromatic rings. The molecule has 0 aliphatic rings. The van der Waals surface area contributed by atoms with Crippen LogP contribution in [-0.4, -0.2) is 20.0 Å². The van der Waals surface area contributed by atoms with Crippen molar-refractivity contribution in [2.45, 2.75) is 18.2 Å². The highest BCUT2D eigenvalue weighted by Crippen LogP contribution is 2.23. The molecule has 0 radical (unpaired) electrons. The van der Waals surface area contributed by atoms with Crippen molar-refractivity contribution in [1.82, 2.24) is 0 Å². The second kappa shape index (κ2) is 8.48. The third-order valence-corrected chi connectivity index (χ3v) is 5.58. The van der Waals surface area contributed by atoms with Crippen molar-refractivity contribution in [1.29, 1.82) is 5.41 Å². The fraction of sp³-hybridized carbons (Fsp3) is 0.0909. The van der Waals surface area contributed by atoms with Gasteiger partial charge in [0.25, 0.3) is 0 Å². The molecule has 0 saturated carbocycles. The zero-order valence-corrected chi connectivity index (χ0v) is 17.2. The Hall–Kier alpha value is -3.49. The molecule has 0 bridgehead atoms. The van der Waals surface area contributed by atoms with E-state index in [0.29, 0.717) is 22.5 Å². The molecule has 0 atom stereocenters. The predicted octanol–water partition coefficient (Wildman–Crippen LogP) is 2.82. The molecule has 0 aromatic heterocycles. The molecule has 8 heteroatoms. The van der Waals surface area contributed by atoms with Gasteiger partial charge < -0.3 is 11.1 Å². The zero-order chi connectivity index (χ0) is 21.9. The standard InChI is InChI=1S/C22H22N4O3S/c1-14-5-2-3-6-15(14)12-21(27)26-17-9-10-20(23)19(13-17)22(24)16-7-4-8-18(11-16)30(25,28)29/h2-11,13,24H,12,23H2,1H3,(H,26,27)(H2,25,28,29). The van der Waals surface area contributed by atoms with Crippen LogP contribution < -0.4 is 16.2 Å². The molecule has 1 amide bonds. The first-order valence-corrected chi connectivity index (χ1v) is 10.7. The van der Waals surface area contributed by atoms with Gasteiger partial charge in [0.1, 0.15) is 0 Å². The highest BCUT2D eigenvalue weighted by Gasteiger charge is 2.14. The number of carbonyl (C=O) groups excluding carboxylic acids is 1. The van der Waals surface area contributed by atoms with E-state index in [1.165, 1.54) is 18.2 Å². The molecule has 3 rings (SSSR count). The number of nitrogens with one attached hydrogen (secondary N) is 2. The Labute approximate surface area is 175 Å². The Morgan fingerprint density at radius 3 is 2.47 bits per heavy atom. The topological polar surface area (TPSA) is 139 Å². The van der Waals surface area contributed by atoms with Crippen LogP contribution >= 0.6 is 0 Å². The summed E-state index contributed by atoms with van der Waals surface area (Å²) in [7, 11) is -3.89. The lowest BCUT2D eigenvalue weighted by Gasteiger charge is -2.12. The summed E-state index contributed by atoms with van der Waals surface area (Å²) < 4.78 is 23.2. The van der Waals surface area contributed by atoms with Crippen molar-refractivity contribution < 1.29 is 13.2 Å². The Bertz CT molecular complexity index is 1240. The maximum absolute atomic E-state index is 12.4. The summed E-state index contributed by atoms with van der Waals surface area (Å²) >= 11 is 0. The molecular formula is C22H22N4O3S. The van der Waals surface area contributed by atoms with Crippen LogP contribution in [0.3, 0.4) is 0 Å². The largest absolute Gasteiger partial charge is 0.398 e. The number of aryl methyl sites for hydroxylation is 1. The van der Waals surface area contributed by atoms with Crippen molar-refractivity contribution in [2.75, 3.05) is 11.1 Å². The third kappa shape index (κ3) is 4.91. The van der Waals surface area contributed by atoms with E-state index in [9.17, 15) is 13.2 Å². The van der Waals surface area contributed by atoms with E-state index in [0.717, 1.165) is 11.1 Å². The van der Waals surface area contributed by atoms with Gasteiger partial charge in [0.05, 0.1) is 17.0 Å². The number of nitrogens with two attached hydrogens (primary N) is 2. The van der Waals surface area contributed by atoms with Gasteiger partial charge in [-0.25, -0.2) is 13.6 Å². The molecule has 30 heavy (non-hydrogen) atoms. The number of anilines is 2. The lowest BCUT2D eigenvalue weighted by Crippen LogP contribution is -2.16. The SMILES string of the molecule is Cc1ccccc1CC(=O)Nc1ccc(N)c(C(=N)c2cccc(S(N)(=O)=O)c2)c1. The fourth-order valence-electron chi connectivity index (χ4n) is 3.02. The molecular weight excluding hydrogens is 400 g/mol. The minimum Gasteiger partial charge on any atom is -0.398 e. The summed E-state index contributed by atoms with van der Waals surface area (Å²) in [4.78, 5) is 12.4. The van der Waals surface area contributed by atoms with Crippen molar-refractivity contribution >= 4 is 33.0 Å². The van der Waals surface area contributed by atoms with Crippen LogP contribution in [0.5, 0.6) is 0 Å². The number of sulfonamides is 1. The van der Waals surface area contributed by atoms with Gasteiger partial charge in [-0.05, 0) is 48.4 Å². The van der Waals surface area contributed by atoms with Gasteiger partial charge in [0.15, 0.2) is 0 Å². The number of nitrogen functional groups attached to an aromatic ring is 1. The van der Waals surface area contributed by atoms with Crippen molar-refractivity contribution in [3.05, 3.63) is 89.0 Å². The maximum atomic E-state index is 12.4. The molecule has 154 valence electrons. The second-order valence-corrected chi connectivity index (χ2v) is 8.46. The summed E-state index contributed by atoms with van der Waals surface area (Å²) in [5, 5.41) is 16.5. The predicted molar refractivity (Wildman–Crippen MR) is 118 cm³/mol. The van der Waals surface area contributed by atoms with E-state index in [4.69, 9.17) is 16.3 Å². The number of primary sulfonamides is 1. The summed E-state index contributed by atoms with van der Waals surface area (Å²) in [5.74, 6) is -0.192.